The van der Waals surface area contributed by atoms with Crippen molar-refractivity contribution < 1.29 is 0 Å². The molecular weight excluding hydrogens is 230 g/mol. The molecule has 1 aliphatic heterocycles. The number of fused-ring (bicyclic) bond motifs is 1. The molecule has 1 heterocycles. The van der Waals surface area contributed by atoms with Gasteiger partial charge in [0.15, 0.2) is 0 Å². The third-order valence-electron chi connectivity index (χ3n) is 5.18. The lowest BCUT2D eigenvalue weighted by molar-refractivity contribution is 0.295. The minimum Gasteiger partial charge on any atom is -0.314 e. The molecule has 19 heavy (non-hydrogen) atoms. The first kappa shape index (κ1) is 13.2. The van der Waals surface area contributed by atoms with Gasteiger partial charge in [-0.1, -0.05) is 24.3 Å². The second-order valence-electron chi connectivity index (χ2n) is 6.62. The lowest BCUT2D eigenvalue weighted by Crippen LogP contribution is -2.36. The number of nitrogens with one attached hydrogen (secondary N) is 1. The number of hydrogen-bond acceptors (Lipinski definition) is 1. The highest BCUT2D eigenvalue weighted by Crippen LogP contribution is 2.36. The molecule has 1 N–H and O–H groups in total. The van der Waals surface area contributed by atoms with Gasteiger partial charge >= 0.3 is 0 Å². The van der Waals surface area contributed by atoms with Crippen LogP contribution in [0.5, 0.6) is 0 Å². The van der Waals surface area contributed by atoms with Crippen molar-refractivity contribution in [2.75, 3.05) is 6.54 Å². The average molecular weight is 257 g/mol. The van der Waals surface area contributed by atoms with Crippen LogP contribution < -0.4 is 5.32 Å². The van der Waals surface area contributed by atoms with Gasteiger partial charge in [0.2, 0.25) is 0 Å². The van der Waals surface area contributed by atoms with Crippen LogP contribution in [0.3, 0.4) is 0 Å². The zero-order valence-electron chi connectivity index (χ0n) is 12.2. The van der Waals surface area contributed by atoms with Gasteiger partial charge < -0.3 is 5.32 Å². The van der Waals surface area contributed by atoms with Crippen molar-refractivity contribution in [3.8, 4) is 0 Å². The van der Waals surface area contributed by atoms with Crippen molar-refractivity contribution in [3.05, 3.63) is 35.4 Å². The van der Waals surface area contributed by atoms with Crippen LogP contribution in [0.15, 0.2) is 24.3 Å². The second-order valence-corrected chi connectivity index (χ2v) is 6.62. The second kappa shape index (κ2) is 6.09. The van der Waals surface area contributed by atoms with E-state index in [1.165, 1.54) is 51.5 Å². The molecule has 0 radical (unpaired) electrons. The van der Waals surface area contributed by atoms with Crippen LogP contribution in [0, 0.1) is 5.92 Å². The predicted molar refractivity (Wildman–Crippen MR) is 81.5 cm³/mol. The first-order valence-corrected chi connectivity index (χ1v) is 8.14. The highest BCUT2D eigenvalue weighted by atomic mass is 14.9. The first-order valence-electron chi connectivity index (χ1n) is 8.14. The molecule has 3 rings (SSSR count). The Bertz CT molecular complexity index is 404. The van der Waals surface area contributed by atoms with Gasteiger partial charge in [-0.15, -0.1) is 0 Å². The highest BCUT2D eigenvalue weighted by molar-refractivity contribution is 5.32. The average Bonchev–Trinajstić information content (AvgIpc) is 2.47. The van der Waals surface area contributed by atoms with Crippen LogP contribution in [-0.2, 0) is 6.42 Å². The normalized spacial score (nSPS) is 30.9. The van der Waals surface area contributed by atoms with Gasteiger partial charge in [-0.05, 0) is 81.4 Å². The lowest BCUT2D eigenvalue weighted by Gasteiger charge is -2.30. The van der Waals surface area contributed by atoms with Crippen LogP contribution in [-0.4, -0.2) is 12.6 Å². The van der Waals surface area contributed by atoms with Gasteiger partial charge in [0.1, 0.15) is 0 Å². The molecule has 1 aliphatic carbocycles. The van der Waals surface area contributed by atoms with Crippen molar-refractivity contribution in [2.45, 2.75) is 63.8 Å². The SMILES string of the molecule is CC1CCC(CCC2CCCc3ccccc32)CN1. The lowest BCUT2D eigenvalue weighted by atomic mass is 9.78. The summed E-state index contributed by atoms with van der Waals surface area (Å²) in [4.78, 5) is 0. The van der Waals surface area contributed by atoms with E-state index in [0.717, 1.165) is 17.9 Å². The number of aryl methyl sites for hydroxylation is 1. The topological polar surface area (TPSA) is 12.0 Å². The summed E-state index contributed by atoms with van der Waals surface area (Å²) in [5, 5.41) is 3.64. The molecule has 1 heteroatoms. The Morgan fingerprint density at radius 1 is 1.11 bits per heavy atom. The molecule has 3 atom stereocenters. The fraction of sp³-hybridized carbons (Fsp3) is 0.667. The summed E-state index contributed by atoms with van der Waals surface area (Å²) in [6, 6.07) is 9.88. The Morgan fingerprint density at radius 3 is 2.84 bits per heavy atom. The number of benzene rings is 1. The van der Waals surface area contributed by atoms with E-state index in [9.17, 15) is 0 Å². The smallest absolute Gasteiger partial charge is 0.00389 e. The predicted octanol–water partition coefficient (Wildman–Crippen LogP) is 4.27. The zero-order chi connectivity index (χ0) is 13.1. The Balaban J connectivity index is 1.56. The van der Waals surface area contributed by atoms with Gasteiger partial charge in [-0.3, -0.25) is 0 Å². The van der Waals surface area contributed by atoms with E-state index >= 15 is 0 Å². The maximum Gasteiger partial charge on any atom is 0.00389 e. The van der Waals surface area contributed by atoms with E-state index in [1.54, 1.807) is 11.1 Å². The zero-order valence-corrected chi connectivity index (χ0v) is 12.2. The van der Waals surface area contributed by atoms with E-state index in [1.807, 2.05) is 0 Å². The quantitative estimate of drug-likeness (QED) is 0.852. The van der Waals surface area contributed by atoms with Crippen molar-refractivity contribution in [3.63, 3.8) is 0 Å². The number of rotatable bonds is 3. The molecule has 0 amide bonds. The summed E-state index contributed by atoms with van der Waals surface area (Å²) in [7, 11) is 0. The summed E-state index contributed by atoms with van der Waals surface area (Å²) in [6.45, 7) is 3.56. The molecule has 104 valence electrons. The molecule has 1 saturated heterocycles. The van der Waals surface area contributed by atoms with Gasteiger partial charge in [-0.2, -0.15) is 0 Å². The molecule has 2 aliphatic rings. The van der Waals surface area contributed by atoms with Crippen LogP contribution in [0.25, 0.3) is 0 Å². The number of hydrogen-bond donors (Lipinski definition) is 1. The molecule has 3 unspecified atom stereocenters. The van der Waals surface area contributed by atoms with E-state index in [2.05, 4.69) is 36.5 Å². The van der Waals surface area contributed by atoms with Crippen LogP contribution >= 0.6 is 0 Å². The van der Waals surface area contributed by atoms with E-state index in [0.29, 0.717) is 0 Å². The number of piperidine rings is 1. The van der Waals surface area contributed by atoms with E-state index < -0.39 is 0 Å². The Morgan fingerprint density at radius 2 is 2.00 bits per heavy atom. The summed E-state index contributed by atoms with van der Waals surface area (Å²) >= 11 is 0. The summed E-state index contributed by atoms with van der Waals surface area (Å²) in [5.41, 5.74) is 3.28. The van der Waals surface area contributed by atoms with Crippen molar-refractivity contribution in [1.29, 1.82) is 0 Å². The fourth-order valence-electron chi connectivity index (χ4n) is 3.90. The molecule has 0 bridgehead atoms. The van der Waals surface area contributed by atoms with Crippen LogP contribution in [0.2, 0.25) is 0 Å². The van der Waals surface area contributed by atoms with Gasteiger partial charge in [0.25, 0.3) is 0 Å². The van der Waals surface area contributed by atoms with Gasteiger partial charge in [0.05, 0.1) is 0 Å². The minimum absolute atomic E-state index is 0.742. The Kier molecular flexibility index (Phi) is 4.22. The van der Waals surface area contributed by atoms with Crippen LogP contribution in [0.4, 0.5) is 0 Å². The molecule has 0 aromatic heterocycles. The molecular formula is C18H27N. The van der Waals surface area contributed by atoms with E-state index in [-0.39, 0.29) is 0 Å². The Hall–Kier alpha value is -0.820. The van der Waals surface area contributed by atoms with Crippen molar-refractivity contribution >= 4 is 0 Å². The maximum absolute atomic E-state index is 3.64. The standard InChI is InChI=1S/C18H27N/c1-14-9-10-15(13-19-14)11-12-17-7-4-6-16-5-2-3-8-18(16)17/h2-3,5,8,14-15,17,19H,4,6-7,9-13H2,1H3. The highest BCUT2D eigenvalue weighted by Gasteiger charge is 2.22. The molecule has 1 aromatic carbocycles. The summed E-state index contributed by atoms with van der Waals surface area (Å²) < 4.78 is 0. The monoisotopic (exact) mass is 257 g/mol. The third-order valence-corrected chi connectivity index (χ3v) is 5.18. The van der Waals surface area contributed by atoms with E-state index in [4.69, 9.17) is 0 Å². The largest absolute Gasteiger partial charge is 0.314 e. The molecule has 1 nitrogen and oxygen atoms in total. The van der Waals surface area contributed by atoms with Crippen molar-refractivity contribution in [2.24, 2.45) is 5.92 Å². The fourth-order valence-corrected chi connectivity index (χ4v) is 3.90. The maximum atomic E-state index is 3.64. The first-order chi connectivity index (χ1) is 9.33. The molecule has 1 fully saturated rings. The van der Waals surface area contributed by atoms with Gasteiger partial charge in [0, 0.05) is 6.04 Å². The van der Waals surface area contributed by atoms with Crippen molar-refractivity contribution in [1.82, 2.24) is 5.32 Å². The third kappa shape index (κ3) is 3.20. The summed E-state index contributed by atoms with van der Waals surface area (Å²) in [6.07, 6.45) is 9.72. The molecule has 0 spiro atoms. The van der Waals surface area contributed by atoms with Crippen LogP contribution in [0.1, 0.15) is 62.5 Å². The van der Waals surface area contributed by atoms with Gasteiger partial charge in [-0.25, -0.2) is 0 Å². The molecule has 1 aromatic rings. The summed E-state index contributed by atoms with van der Waals surface area (Å²) in [5.74, 6) is 1.76. The molecule has 0 saturated carbocycles. The Labute approximate surface area is 117 Å². The minimum atomic E-state index is 0.742.